The third kappa shape index (κ3) is 3.40. The van der Waals surface area contributed by atoms with Gasteiger partial charge < -0.3 is 15.7 Å². The fourth-order valence-electron chi connectivity index (χ4n) is 1.62. The molecule has 0 saturated carbocycles. The van der Waals surface area contributed by atoms with Gasteiger partial charge in [0.2, 0.25) is 0 Å². The Hall–Kier alpha value is -1.69. The molecule has 0 bridgehead atoms. The summed E-state index contributed by atoms with van der Waals surface area (Å²) in [6, 6.07) is 4.43. The predicted octanol–water partition coefficient (Wildman–Crippen LogP) is 1.37. The molecule has 0 aromatic heterocycles. The molecule has 0 heterocycles. The summed E-state index contributed by atoms with van der Waals surface area (Å²) in [5.74, 6) is -0.584. The second-order valence-corrected chi connectivity index (χ2v) is 3.88. The number of phenolic OH excluding ortho intramolecular Hbond substituents is 1. The van der Waals surface area contributed by atoms with Crippen molar-refractivity contribution in [2.45, 2.75) is 13.3 Å². The summed E-state index contributed by atoms with van der Waals surface area (Å²) < 4.78 is 24.8. The third-order valence-electron chi connectivity index (χ3n) is 2.58. The first-order valence-electron chi connectivity index (χ1n) is 5.53. The molecule has 0 aliphatic heterocycles. The Bertz CT molecular complexity index is 425. The summed E-state index contributed by atoms with van der Waals surface area (Å²) in [5.41, 5.74) is 5.89. The fourth-order valence-corrected chi connectivity index (χ4v) is 1.62. The normalized spacial score (nSPS) is 10.7. The van der Waals surface area contributed by atoms with Gasteiger partial charge in [-0.15, -0.1) is 0 Å². The molecule has 0 fully saturated rings. The van der Waals surface area contributed by atoms with Crippen LogP contribution in [0.3, 0.4) is 0 Å². The number of hydrogen-bond donors (Lipinski definition) is 2. The molecule has 1 rings (SSSR count). The van der Waals surface area contributed by atoms with E-state index < -0.39 is 18.9 Å². The van der Waals surface area contributed by atoms with Crippen LogP contribution in [-0.2, 0) is 0 Å². The lowest BCUT2D eigenvalue weighted by atomic mass is 10.1. The van der Waals surface area contributed by atoms with Crippen molar-refractivity contribution in [2.24, 2.45) is 5.73 Å². The van der Waals surface area contributed by atoms with Crippen LogP contribution < -0.4 is 5.73 Å². The third-order valence-corrected chi connectivity index (χ3v) is 2.58. The predicted molar refractivity (Wildman–Crippen MR) is 63.8 cm³/mol. The lowest BCUT2D eigenvalue weighted by molar-refractivity contribution is 0.0562. The molecule has 100 valence electrons. The van der Waals surface area contributed by atoms with Gasteiger partial charge in [0.15, 0.2) is 0 Å². The molecule has 6 heteroatoms. The number of nitrogens with two attached hydrogens (primary N) is 1. The average Bonchev–Trinajstić information content (AvgIpc) is 2.31. The highest BCUT2D eigenvalue weighted by molar-refractivity contribution is 5.96. The molecule has 3 N–H and O–H groups in total. The fraction of sp³-hybridized carbons (Fsp3) is 0.417. The summed E-state index contributed by atoms with van der Waals surface area (Å²) >= 11 is 0. The molecule has 1 aromatic rings. The van der Waals surface area contributed by atoms with Crippen LogP contribution in [0.2, 0.25) is 0 Å². The smallest absolute Gasteiger partial charge is 0.255 e. The lowest BCUT2D eigenvalue weighted by Crippen LogP contribution is -2.38. The SMILES string of the molecule is Cc1c(O)cccc1C(=O)N(CCN)CC(F)F. The number of hydrogen-bond acceptors (Lipinski definition) is 3. The van der Waals surface area contributed by atoms with Gasteiger partial charge in [-0.2, -0.15) is 0 Å². The molecular formula is C12H16F2N2O2. The van der Waals surface area contributed by atoms with Crippen LogP contribution in [0.5, 0.6) is 5.75 Å². The van der Waals surface area contributed by atoms with E-state index in [2.05, 4.69) is 0 Å². The van der Waals surface area contributed by atoms with E-state index >= 15 is 0 Å². The van der Waals surface area contributed by atoms with E-state index in [9.17, 15) is 18.7 Å². The maximum Gasteiger partial charge on any atom is 0.255 e. The van der Waals surface area contributed by atoms with Crippen LogP contribution >= 0.6 is 0 Å². The maximum atomic E-state index is 12.4. The number of alkyl halides is 2. The minimum Gasteiger partial charge on any atom is -0.508 e. The van der Waals surface area contributed by atoms with Gasteiger partial charge in [0, 0.05) is 24.2 Å². The summed E-state index contributed by atoms with van der Waals surface area (Å²) in [6.45, 7) is 1.06. The van der Waals surface area contributed by atoms with Crippen molar-refractivity contribution in [3.05, 3.63) is 29.3 Å². The number of carbonyl (C=O) groups is 1. The van der Waals surface area contributed by atoms with Crippen molar-refractivity contribution >= 4 is 5.91 Å². The zero-order chi connectivity index (χ0) is 13.7. The van der Waals surface area contributed by atoms with Gasteiger partial charge in [0.25, 0.3) is 12.3 Å². The van der Waals surface area contributed by atoms with Crippen molar-refractivity contribution in [2.75, 3.05) is 19.6 Å². The first-order valence-corrected chi connectivity index (χ1v) is 5.53. The molecule has 0 unspecified atom stereocenters. The van der Waals surface area contributed by atoms with Gasteiger partial charge in [-0.05, 0) is 19.1 Å². The van der Waals surface area contributed by atoms with E-state index in [0.29, 0.717) is 5.56 Å². The van der Waals surface area contributed by atoms with Crippen molar-refractivity contribution in [3.63, 3.8) is 0 Å². The minimum absolute atomic E-state index is 0.0365. The van der Waals surface area contributed by atoms with Crippen molar-refractivity contribution in [1.29, 1.82) is 0 Å². The first-order chi connectivity index (χ1) is 8.47. The van der Waals surface area contributed by atoms with Gasteiger partial charge in [0.1, 0.15) is 5.75 Å². The van der Waals surface area contributed by atoms with Gasteiger partial charge in [-0.25, -0.2) is 8.78 Å². The largest absolute Gasteiger partial charge is 0.508 e. The van der Waals surface area contributed by atoms with Gasteiger partial charge >= 0.3 is 0 Å². The van der Waals surface area contributed by atoms with Crippen LogP contribution in [-0.4, -0.2) is 42.0 Å². The van der Waals surface area contributed by atoms with Crippen LogP contribution in [0.4, 0.5) is 8.78 Å². The molecule has 0 radical (unpaired) electrons. The average molecular weight is 258 g/mol. The van der Waals surface area contributed by atoms with E-state index in [1.54, 1.807) is 6.92 Å². The summed E-state index contributed by atoms with van der Waals surface area (Å²) in [7, 11) is 0. The Balaban J connectivity index is 2.98. The molecule has 18 heavy (non-hydrogen) atoms. The van der Waals surface area contributed by atoms with E-state index in [-0.39, 0.29) is 24.4 Å². The molecule has 0 saturated heterocycles. The molecule has 0 aliphatic rings. The monoisotopic (exact) mass is 258 g/mol. The zero-order valence-corrected chi connectivity index (χ0v) is 10.1. The standard InChI is InChI=1S/C12H16F2N2O2/c1-8-9(3-2-4-10(8)17)12(18)16(6-5-15)7-11(13)14/h2-4,11,17H,5-7,15H2,1H3. The number of rotatable bonds is 5. The Labute approximate surface area is 104 Å². The number of benzene rings is 1. The highest BCUT2D eigenvalue weighted by Crippen LogP contribution is 2.21. The van der Waals surface area contributed by atoms with Gasteiger partial charge in [-0.3, -0.25) is 4.79 Å². The molecular weight excluding hydrogens is 242 g/mol. The molecule has 0 spiro atoms. The van der Waals surface area contributed by atoms with Crippen molar-refractivity contribution < 1.29 is 18.7 Å². The van der Waals surface area contributed by atoms with Gasteiger partial charge in [0.05, 0.1) is 6.54 Å². The highest BCUT2D eigenvalue weighted by atomic mass is 19.3. The van der Waals surface area contributed by atoms with Crippen molar-refractivity contribution in [1.82, 2.24) is 4.90 Å². The molecule has 4 nitrogen and oxygen atoms in total. The summed E-state index contributed by atoms with van der Waals surface area (Å²) in [6.07, 6.45) is -2.61. The number of halogens is 2. The van der Waals surface area contributed by atoms with Crippen LogP contribution in [0, 0.1) is 6.92 Å². The zero-order valence-electron chi connectivity index (χ0n) is 10.1. The maximum absolute atomic E-state index is 12.4. The number of nitrogens with zero attached hydrogens (tertiary/aromatic N) is 1. The molecule has 1 aromatic carbocycles. The van der Waals surface area contributed by atoms with E-state index in [1.165, 1.54) is 18.2 Å². The Morgan fingerprint density at radius 3 is 2.72 bits per heavy atom. The molecule has 1 amide bonds. The van der Waals surface area contributed by atoms with E-state index in [4.69, 9.17) is 5.73 Å². The number of phenols is 1. The summed E-state index contributed by atoms with van der Waals surface area (Å²) in [5, 5.41) is 9.50. The van der Waals surface area contributed by atoms with Crippen LogP contribution in [0.1, 0.15) is 15.9 Å². The molecule has 0 aliphatic carbocycles. The number of aromatic hydroxyl groups is 1. The van der Waals surface area contributed by atoms with Crippen molar-refractivity contribution in [3.8, 4) is 5.75 Å². The van der Waals surface area contributed by atoms with Gasteiger partial charge in [-0.1, -0.05) is 6.07 Å². The highest BCUT2D eigenvalue weighted by Gasteiger charge is 2.21. The second kappa shape index (κ2) is 6.30. The Morgan fingerprint density at radius 2 is 2.17 bits per heavy atom. The first kappa shape index (κ1) is 14.4. The van der Waals surface area contributed by atoms with Crippen LogP contribution in [0.15, 0.2) is 18.2 Å². The number of carbonyl (C=O) groups excluding carboxylic acids is 1. The lowest BCUT2D eigenvalue weighted by Gasteiger charge is -2.22. The Kier molecular flexibility index (Phi) is 5.03. The molecule has 0 atom stereocenters. The Morgan fingerprint density at radius 1 is 1.50 bits per heavy atom. The topological polar surface area (TPSA) is 66.6 Å². The van der Waals surface area contributed by atoms with Crippen LogP contribution in [0.25, 0.3) is 0 Å². The van der Waals surface area contributed by atoms with E-state index in [1.807, 2.05) is 0 Å². The second-order valence-electron chi connectivity index (χ2n) is 3.88. The summed E-state index contributed by atoms with van der Waals surface area (Å²) in [4.78, 5) is 13.1. The quantitative estimate of drug-likeness (QED) is 0.838. The number of amides is 1. The van der Waals surface area contributed by atoms with E-state index in [0.717, 1.165) is 4.90 Å². The minimum atomic E-state index is -2.61.